The number of hydrogen-bond donors (Lipinski definition) is 1. The molecule has 62 heavy (non-hydrogen) atoms. The minimum atomic E-state index is -0.683. The fraction of sp³-hybridized carbons (Fsp3) is 0.188. The number of esters is 2. The minimum absolute atomic E-state index is 0.0325. The maximum absolute atomic E-state index is 15.5. The number of nitrogens with zero attached hydrogens (tertiary/aromatic N) is 2. The number of hydrogen-bond acceptors (Lipinski definition) is 12. The maximum Gasteiger partial charge on any atom is 0.343 e. The second kappa shape index (κ2) is 21.4. The lowest BCUT2D eigenvalue weighted by molar-refractivity contribution is -0.137. The van der Waals surface area contributed by atoms with E-state index in [9.17, 15) is 9.59 Å². The number of nitrogens with one attached hydrogen (secondary N) is 1. The summed E-state index contributed by atoms with van der Waals surface area (Å²) in [6.45, 7) is 4.77. The summed E-state index contributed by atoms with van der Waals surface area (Å²) in [6, 6.07) is 37.0. The van der Waals surface area contributed by atoms with Gasteiger partial charge in [0.1, 0.15) is 24.8 Å². The van der Waals surface area contributed by atoms with Crippen LogP contribution in [0.2, 0.25) is 5.02 Å². The first-order valence-electron chi connectivity index (χ1n) is 19.7. The van der Waals surface area contributed by atoms with E-state index in [1.165, 1.54) is 29.5 Å². The summed E-state index contributed by atoms with van der Waals surface area (Å²) in [5.74, 6) is -1.21. The van der Waals surface area contributed by atoms with Crippen molar-refractivity contribution in [3.8, 4) is 28.4 Å². The Hall–Kier alpha value is -6.35. The molecule has 0 amide bonds. The Morgan fingerprint density at radius 2 is 1.60 bits per heavy atom. The van der Waals surface area contributed by atoms with Crippen LogP contribution in [0.3, 0.4) is 0 Å². The Bertz CT molecular complexity index is 2610. The lowest BCUT2D eigenvalue weighted by Crippen LogP contribution is -2.40. The zero-order chi connectivity index (χ0) is 43.3. The number of fused-ring (bicyclic) bond motifs is 2. The van der Waals surface area contributed by atoms with Crippen LogP contribution in [-0.2, 0) is 32.2 Å². The number of methoxy groups -OCH3 is 1. The van der Waals surface area contributed by atoms with Crippen molar-refractivity contribution in [1.29, 1.82) is 0 Å². The number of aromatic nitrogens is 1. The summed E-state index contributed by atoms with van der Waals surface area (Å²) in [7, 11) is 1.60. The first-order chi connectivity index (χ1) is 30.3. The summed E-state index contributed by atoms with van der Waals surface area (Å²) >= 11 is 8.61. The molecule has 7 aromatic rings. The fourth-order valence-electron chi connectivity index (χ4n) is 6.30. The van der Waals surface area contributed by atoms with Crippen LogP contribution in [0.15, 0.2) is 134 Å². The van der Waals surface area contributed by atoms with Crippen LogP contribution in [0.25, 0.3) is 32.1 Å². The Kier molecular flexibility index (Phi) is 15.1. The molecule has 7 rings (SSSR count). The van der Waals surface area contributed by atoms with Gasteiger partial charge in [-0.1, -0.05) is 108 Å². The number of hydrazine groups is 1. The molecule has 0 atom stereocenters. The number of carbonyl (C=O) groups excluding carboxylic acids is 2. The van der Waals surface area contributed by atoms with E-state index in [-0.39, 0.29) is 60.6 Å². The number of ether oxygens (including phenoxy) is 6. The van der Waals surface area contributed by atoms with Crippen molar-refractivity contribution >= 4 is 61.0 Å². The van der Waals surface area contributed by atoms with Crippen molar-refractivity contribution in [3.63, 3.8) is 0 Å². The highest BCUT2D eigenvalue weighted by Gasteiger charge is 2.21. The van der Waals surface area contributed by atoms with Gasteiger partial charge in [0.05, 0.1) is 47.2 Å². The van der Waals surface area contributed by atoms with Crippen molar-refractivity contribution in [2.24, 2.45) is 0 Å². The normalized spacial score (nSPS) is 11.1. The second-order valence-corrected chi connectivity index (χ2v) is 15.1. The van der Waals surface area contributed by atoms with Gasteiger partial charge in [-0.3, -0.25) is 5.01 Å². The summed E-state index contributed by atoms with van der Waals surface area (Å²) in [5, 5.41) is 3.36. The van der Waals surface area contributed by atoms with Gasteiger partial charge in [-0.2, -0.15) is 0 Å². The molecule has 14 heteroatoms. The molecule has 0 saturated heterocycles. The molecule has 1 N–H and O–H groups in total. The number of thiazole rings is 1. The highest BCUT2D eigenvalue weighted by molar-refractivity contribution is 7.22. The molecule has 6 aromatic carbocycles. The molecule has 1 heterocycles. The second-order valence-electron chi connectivity index (χ2n) is 13.7. The van der Waals surface area contributed by atoms with Crippen LogP contribution in [0.1, 0.15) is 27.9 Å². The van der Waals surface area contributed by atoms with E-state index < -0.39 is 17.8 Å². The third-order valence-corrected chi connectivity index (χ3v) is 11.0. The van der Waals surface area contributed by atoms with E-state index in [0.29, 0.717) is 41.5 Å². The van der Waals surface area contributed by atoms with E-state index in [1.54, 1.807) is 36.4 Å². The molecule has 0 aliphatic heterocycles. The summed E-state index contributed by atoms with van der Waals surface area (Å²) in [6.07, 6.45) is 1.43. The van der Waals surface area contributed by atoms with E-state index >= 15 is 4.39 Å². The van der Waals surface area contributed by atoms with Gasteiger partial charge in [-0.15, -0.1) is 0 Å². The van der Waals surface area contributed by atoms with Gasteiger partial charge in [0.15, 0.2) is 11.6 Å². The van der Waals surface area contributed by atoms with Gasteiger partial charge >= 0.3 is 11.9 Å². The SMILES string of the molecule is C=CC(=O)OCCCOc1ccc2cc(C(=O)Oc3ccc(OCc4ccc(-c5ccccc5)cc4)c(Cl)c3CNN(COCCOC)c3nc4ccccc4s3)ccc2c1F. The molecule has 0 spiro atoms. The number of benzene rings is 6. The van der Waals surface area contributed by atoms with Crippen LogP contribution in [0.4, 0.5) is 9.52 Å². The topological polar surface area (TPSA) is 118 Å². The Labute approximate surface area is 367 Å². The number of rotatable bonds is 21. The van der Waals surface area contributed by atoms with E-state index in [4.69, 9.17) is 45.0 Å². The lowest BCUT2D eigenvalue weighted by Gasteiger charge is -2.24. The molecule has 0 saturated carbocycles. The molecule has 0 aliphatic rings. The fourth-order valence-corrected chi connectivity index (χ4v) is 7.51. The third kappa shape index (κ3) is 11.1. The van der Waals surface area contributed by atoms with Gasteiger partial charge in [-0.05, 0) is 64.5 Å². The number of anilines is 1. The molecule has 0 bridgehead atoms. The smallest absolute Gasteiger partial charge is 0.343 e. The zero-order valence-electron chi connectivity index (χ0n) is 33.8. The molecule has 0 fully saturated rings. The largest absolute Gasteiger partial charge is 0.490 e. The van der Waals surface area contributed by atoms with Crippen LogP contribution < -0.4 is 24.6 Å². The highest BCUT2D eigenvalue weighted by Crippen LogP contribution is 2.37. The van der Waals surface area contributed by atoms with E-state index in [0.717, 1.165) is 33.0 Å². The van der Waals surface area contributed by atoms with Crippen LogP contribution >= 0.6 is 22.9 Å². The predicted octanol–water partition coefficient (Wildman–Crippen LogP) is 10.3. The van der Waals surface area contributed by atoms with Crippen molar-refractivity contribution in [3.05, 3.63) is 162 Å². The first kappa shape index (κ1) is 43.7. The van der Waals surface area contributed by atoms with Crippen LogP contribution in [-0.4, -0.2) is 57.2 Å². The van der Waals surface area contributed by atoms with Crippen molar-refractivity contribution in [2.45, 2.75) is 19.6 Å². The Balaban J connectivity index is 1.11. The molecular formula is C48H43ClFN3O8S. The van der Waals surface area contributed by atoms with E-state index in [1.807, 2.05) is 66.7 Å². The Morgan fingerprint density at radius 1 is 0.839 bits per heavy atom. The Morgan fingerprint density at radius 3 is 2.39 bits per heavy atom. The molecule has 318 valence electrons. The van der Waals surface area contributed by atoms with Crippen molar-refractivity contribution in [1.82, 2.24) is 10.4 Å². The lowest BCUT2D eigenvalue weighted by atomic mass is 10.0. The monoisotopic (exact) mass is 875 g/mol. The molecule has 0 radical (unpaired) electrons. The molecular weight excluding hydrogens is 833 g/mol. The van der Waals surface area contributed by atoms with Crippen LogP contribution in [0, 0.1) is 5.82 Å². The first-order valence-corrected chi connectivity index (χ1v) is 20.9. The van der Waals surface area contributed by atoms with Gasteiger partial charge in [0, 0.05) is 37.1 Å². The average molecular weight is 876 g/mol. The van der Waals surface area contributed by atoms with Gasteiger partial charge in [0.2, 0.25) is 5.13 Å². The molecule has 0 aliphatic carbocycles. The maximum atomic E-state index is 15.5. The average Bonchev–Trinajstić information content (AvgIpc) is 3.74. The van der Waals surface area contributed by atoms with Crippen molar-refractivity contribution in [2.75, 3.05) is 45.3 Å². The summed E-state index contributed by atoms with van der Waals surface area (Å²) in [4.78, 5) is 29.9. The molecule has 11 nitrogen and oxygen atoms in total. The van der Waals surface area contributed by atoms with Crippen molar-refractivity contribution < 1.29 is 42.4 Å². The number of halogens is 2. The zero-order valence-corrected chi connectivity index (χ0v) is 35.4. The van der Waals surface area contributed by atoms with Gasteiger partial charge in [-0.25, -0.2) is 24.4 Å². The number of para-hydroxylation sites is 1. The number of carbonyl (C=O) groups is 2. The predicted molar refractivity (Wildman–Crippen MR) is 239 cm³/mol. The summed E-state index contributed by atoms with van der Waals surface area (Å²) in [5.41, 5.74) is 7.97. The van der Waals surface area contributed by atoms with E-state index in [2.05, 4.69) is 24.1 Å². The van der Waals surface area contributed by atoms with Gasteiger partial charge in [0.25, 0.3) is 0 Å². The quantitative estimate of drug-likeness (QED) is 0.0186. The third-order valence-electron chi connectivity index (χ3n) is 9.55. The van der Waals surface area contributed by atoms with Gasteiger partial charge < -0.3 is 28.4 Å². The summed E-state index contributed by atoms with van der Waals surface area (Å²) < 4.78 is 50.4. The highest BCUT2D eigenvalue weighted by atomic mass is 35.5. The molecule has 1 aromatic heterocycles. The van der Waals surface area contributed by atoms with Crippen LogP contribution in [0.5, 0.6) is 17.2 Å². The molecule has 0 unspecified atom stereocenters. The standard InChI is InChI=1S/C48H43ClFN3O8S/c1-3-44(54)59-25-9-24-58-42-21-19-35-28-36(18-20-37(35)46(42)50)47(55)61-40-22-23-41(60-30-32-14-16-34(17-15-32)33-10-5-4-6-11-33)45(49)38(40)29-51-53(31-57-27-26-56-2)48-52-39-12-7-8-13-43(39)62-48/h3-8,10-23,28,51H,1,9,24-27,29-31H2,2H3. The minimum Gasteiger partial charge on any atom is -0.490 e.